The van der Waals surface area contributed by atoms with Crippen LogP contribution < -0.4 is 14.8 Å². The van der Waals surface area contributed by atoms with Crippen LogP contribution in [0.1, 0.15) is 11.3 Å². The SMILES string of the molecule is COc1ccc(CNc2oc(-c3ccccc3Br)nc2C#N)cc1OC. The first-order chi connectivity index (χ1) is 12.7. The summed E-state index contributed by atoms with van der Waals surface area (Å²) in [6.45, 7) is 0.444. The minimum absolute atomic E-state index is 0.205. The van der Waals surface area contributed by atoms with Crippen molar-refractivity contribution in [1.29, 1.82) is 5.26 Å². The molecule has 0 unspecified atom stereocenters. The second-order valence-corrected chi connectivity index (χ2v) is 6.19. The fourth-order valence-corrected chi connectivity index (χ4v) is 2.89. The maximum atomic E-state index is 9.33. The van der Waals surface area contributed by atoms with Gasteiger partial charge in [0.1, 0.15) is 6.07 Å². The van der Waals surface area contributed by atoms with E-state index in [0.717, 1.165) is 15.6 Å². The van der Waals surface area contributed by atoms with Crippen molar-refractivity contribution in [2.45, 2.75) is 6.54 Å². The van der Waals surface area contributed by atoms with Crippen molar-refractivity contribution < 1.29 is 13.9 Å². The first-order valence-corrected chi connectivity index (χ1v) is 8.56. The number of ether oxygens (including phenoxy) is 2. The van der Waals surface area contributed by atoms with E-state index in [1.807, 2.05) is 42.5 Å². The standard InChI is InChI=1S/C19H16BrN3O3/c1-24-16-8-7-12(9-17(16)25-2)11-22-19-15(10-21)23-18(26-19)13-5-3-4-6-14(13)20/h3-9,22H,11H2,1-2H3. The molecule has 3 aromatic rings. The van der Waals surface area contributed by atoms with Crippen LogP contribution in [0.15, 0.2) is 51.4 Å². The summed E-state index contributed by atoms with van der Waals surface area (Å²) in [7, 11) is 3.18. The zero-order valence-corrected chi connectivity index (χ0v) is 15.8. The lowest BCUT2D eigenvalue weighted by atomic mass is 10.2. The minimum Gasteiger partial charge on any atom is -0.493 e. The number of anilines is 1. The van der Waals surface area contributed by atoms with Gasteiger partial charge in [0.05, 0.1) is 19.8 Å². The molecule has 0 aliphatic carbocycles. The highest BCUT2D eigenvalue weighted by Crippen LogP contribution is 2.31. The highest BCUT2D eigenvalue weighted by Gasteiger charge is 2.16. The molecule has 26 heavy (non-hydrogen) atoms. The Morgan fingerprint density at radius 2 is 1.92 bits per heavy atom. The second kappa shape index (κ2) is 7.93. The van der Waals surface area contributed by atoms with Gasteiger partial charge in [-0.15, -0.1) is 0 Å². The normalized spacial score (nSPS) is 10.2. The number of nitrogens with zero attached hydrogens (tertiary/aromatic N) is 2. The van der Waals surface area contributed by atoms with Crippen LogP contribution in [0.3, 0.4) is 0 Å². The van der Waals surface area contributed by atoms with Crippen LogP contribution in [0, 0.1) is 11.3 Å². The van der Waals surface area contributed by atoms with Gasteiger partial charge in [0.2, 0.25) is 17.5 Å². The van der Waals surface area contributed by atoms with Crippen LogP contribution in [-0.2, 0) is 6.54 Å². The molecule has 1 aromatic heterocycles. The Labute approximate surface area is 159 Å². The number of benzene rings is 2. The monoisotopic (exact) mass is 413 g/mol. The fraction of sp³-hybridized carbons (Fsp3) is 0.158. The van der Waals surface area contributed by atoms with E-state index in [0.29, 0.717) is 29.8 Å². The van der Waals surface area contributed by atoms with E-state index in [1.165, 1.54) is 0 Å². The van der Waals surface area contributed by atoms with Gasteiger partial charge in [-0.1, -0.05) is 18.2 Å². The molecule has 1 heterocycles. The third-order valence-corrected chi connectivity index (χ3v) is 4.43. The summed E-state index contributed by atoms with van der Waals surface area (Å²) in [6, 6.07) is 15.2. The van der Waals surface area contributed by atoms with Gasteiger partial charge in [-0.3, -0.25) is 0 Å². The summed E-state index contributed by atoms with van der Waals surface area (Å²) >= 11 is 3.46. The Bertz CT molecular complexity index is 963. The summed E-state index contributed by atoms with van der Waals surface area (Å²) in [5.41, 5.74) is 1.93. The lowest BCUT2D eigenvalue weighted by Gasteiger charge is -2.10. The van der Waals surface area contributed by atoms with Gasteiger partial charge in [0.15, 0.2) is 11.5 Å². The zero-order chi connectivity index (χ0) is 18.5. The molecule has 0 saturated heterocycles. The smallest absolute Gasteiger partial charge is 0.232 e. The van der Waals surface area contributed by atoms with E-state index in [9.17, 15) is 5.26 Å². The van der Waals surface area contributed by atoms with Crippen molar-refractivity contribution in [1.82, 2.24) is 4.98 Å². The minimum atomic E-state index is 0.205. The van der Waals surface area contributed by atoms with Gasteiger partial charge in [-0.25, -0.2) is 0 Å². The first kappa shape index (κ1) is 17.8. The number of nitrogens with one attached hydrogen (secondary N) is 1. The van der Waals surface area contributed by atoms with Gasteiger partial charge in [-0.05, 0) is 45.8 Å². The summed E-state index contributed by atoms with van der Waals surface area (Å²) in [4.78, 5) is 4.27. The number of nitriles is 1. The van der Waals surface area contributed by atoms with Gasteiger partial charge in [0.25, 0.3) is 0 Å². The molecular weight excluding hydrogens is 398 g/mol. The average molecular weight is 414 g/mol. The molecule has 0 spiro atoms. The average Bonchev–Trinajstić information content (AvgIpc) is 3.09. The Morgan fingerprint density at radius 3 is 2.62 bits per heavy atom. The lowest BCUT2D eigenvalue weighted by Crippen LogP contribution is -2.01. The number of methoxy groups -OCH3 is 2. The molecular formula is C19H16BrN3O3. The van der Waals surface area contributed by atoms with E-state index < -0.39 is 0 Å². The molecule has 0 fully saturated rings. The van der Waals surface area contributed by atoms with Crippen molar-refractivity contribution >= 4 is 21.8 Å². The molecule has 132 valence electrons. The topological polar surface area (TPSA) is 80.3 Å². The number of halogens is 1. The summed E-state index contributed by atoms with van der Waals surface area (Å²) in [5.74, 6) is 2.00. The molecule has 0 saturated carbocycles. The Morgan fingerprint density at radius 1 is 1.15 bits per heavy atom. The van der Waals surface area contributed by atoms with Gasteiger partial charge in [0, 0.05) is 11.0 Å². The van der Waals surface area contributed by atoms with E-state index in [1.54, 1.807) is 14.2 Å². The van der Waals surface area contributed by atoms with E-state index in [2.05, 4.69) is 32.3 Å². The summed E-state index contributed by atoms with van der Waals surface area (Å²) < 4.78 is 17.1. The molecule has 0 radical (unpaired) electrons. The van der Waals surface area contributed by atoms with Crippen LogP contribution >= 0.6 is 15.9 Å². The number of aromatic nitrogens is 1. The lowest BCUT2D eigenvalue weighted by molar-refractivity contribution is 0.354. The predicted molar refractivity (Wildman–Crippen MR) is 101 cm³/mol. The molecule has 0 bridgehead atoms. The van der Waals surface area contributed by atoms with Crippen molar-refractivity contribution in [3.05, 3.63) is 58.2 Å². The molecule has 0 atom stereocenters. The van der Waals surface area contributed by atoms with Crippen molar-refractivity contribution in [2.24, 2.45) is 0 Å². The number of rotatable bonds is 6. The van der Waals surface area contributed by atoms with Crippen LogP contribution in [0.5, 0.6) is 11.5 Å². The molecule has 0 aliphatic heterocycles. The van der Waals surface area contributed by atoms with E-state index in [4.69, 9.17) is 13.9 Å². The fourth-order valence-electron chi connectivity index (χ4n) is 2.44. The second-order valence-electron chi connectivity index (χ2n) is 5.33. The Balaban J connectivity index is 1.83. The number of oxazole rings is 1. The summed E-state index contributed by atoms with van der Waals surface area (Å²) in [5, 5.41) is 12.5. The van der Waals surface area contributed by atoms with Crippen molar-refractivity contribution in [3.63, 3.8) is 0 Å². The Hall–Kier alpha value is -2.98. The molecule has 0 aliphatic rings. The summed E-state index contributed by atoms with van der Waals surface area (Å²) in [6.07, 6.45) is 0. The molecule has 7 heteroatoms. The van der Waals surface area contributed by atoms with E-state index in [-0.39, 0.29) is 5.69 Å². The quantitative estimate of drug-likeness (QED) is 0.635. The van der Waals surface area contributed by atoms with Crippen molar-refractivity contribution in [2.75, 3.05) is 19.5 Å². The maximum absolute atomic E-state index is 9.33. The third-order valence-electron chi connectivity index (χ3n) is 3.74. The van der Waals surface area contributed by atoms with E-state index >= 15 is 0 Å². The third kappa shape index (κ3) is 3.65. The molecule has 1 N–H and O–H groups in total. The Kier molecular flexibility index (Phi) is 5.44. The van der Waals surface area contributed by atoms with Crippen LogP contribution in [0.2, 0.25) is 0 Å². The van der Waals surface area contributed by atoms with Crippen LogP contribution in [-0.4, -0.2) is 19.2 Å². The zero-order valence-electron chi connectivity index (χ0n) is 14.2. The highest BCUT2D eigenvalue weighted by atomic mass is 79.9. The highest BCUT2D eigenvalue weighted by molar-refractivity contribution is 9.10. The molecule has 3 rings (SSSR count). The van der Waals surface area contributed by atoms with Crippen LogP contribution in [0.25, 0.3) is 11.5 Å². The first-order valence-electron chi connectivity index (χ1n) is 7.77. The van der Waals surface area contributed by atoms with Gasteiger partial charge >= 0.3 is 0 Å². The number of hydrogen-bond donors (Lipinski definition) is 1. The molecule has 2 aromatic carbocycles. The van der Waals surface area contributed by atoms with Gasteiger partial charge < -0.3 is 19.2 Å². The predicted octanol–water partition coefficient (Wildman–Crippen LogP) is 4.61. The molecule has 6 nitrogen and oxygen atoms in total. The van der Waals surface area contributed by atoms with Crippen molar-refractivity contribution in [3.8, 4) is 29.0 Å². The van der Waals surface area contributed by atoms with Gasteiger partial charge in [-0.2, -0.15) is 10.2 Å². The number of hydrogen-bond acceptors (Lipinski definition) is 6. The maximum Gasteiger partial charge on any atom is 0.232 e. The molecule has 0 amide bonds. The van der Waals surface area contributed by atoms with Crippen LogP contribution in [0.4, 0.5) is 5.88 Å². The largest absolute Gasteiger partial charge is 0.493 e.